The molecule has 1 unspecified atom stereocenters. The van der Waals surface area contributed by atoms with Crippen molar-refractivity contribution in [2.45, 2.75) is 45.3 Å². The molecule has 1 atom stereocenters. The SMILES string of the molecule is Cc1nn(C)c(C)c1C(CCCC(F)(F)F)NN. The van der Waals surface area contributed by atoms with E-state index < -0.39 is 12.6 Å². The molecule has 0 amide bonds. The van der Waals surface area contributed by atoms with Gasteiger partial charge in [0.05, 0.1) is 5.69 Å². The third kappa shape index (κ3) is 3.71. The summed E-state index contributed by atoms with van der Waals surface area (Å²) >= 11 is 0. The molecule has 1 aromatic heterocycles. The van der Waals surface area contributed by atoms with Gasteiger partial charge in [-0.25, -0.2) is 0 Å². The normalized spacial score (nSPS) is 13.9. The summed E-state index contributed by atoms with van der Waals surface area (Å²) in [5.41, 5.74) is 5.19. The van der Waals surface area contributed by atoms with Crippen LogP contribution in [0.4, 0.5) is 13.2 Å². The summed E-state index contributed by atoms with van der Waals surface area (Å²) in [5.74, 6) is 5.43. The number of nitrogens with two attached hydrogens (primary N) is 1. The molecular weight excluding hydrogens is 245 g/mol. The Bertz CT molecular complexity index is 398. The number of hydrogen-bond donors (Lipinski definition) is 2. The van der Waals surface area contributed by atoms with Crippen molar-refractivity contribution in [2.24, 2.45) is 12.9 Å². The van der Waals surface area contributed by atoms with Gasteiger partial charge in [-0.3, -0.25) is 16.0 Å². The van der Waals surface area contributed by atoms with Crippen LogP contribution in [-0.4, -0.2) is 16.0 Å². The highest BCUT2D eigenvalue weighted by molar-refractivity contribution is 5.27. The van der Waals surface area contributed by atoms with Gasteiger partial charge in [-0.2, -0.15) is 18.3 Å². The lowest BCUT2D eigenvalue weighted by atomic mass is 10.00. The maximum Gasteiger partial charge on any atom is 0.389 e. The summed E-state index contributed by atoms with van der Waals surface area (Å²) in [6.45, 7) is 3.71. The number of alkyl halides is 3. The molecule has 1 rings (SSSR count). The van der Waals surface area contributed by atoms with Crippen LogP contribution >= 0.6 is 0 Å². The highest BCUT2D eigenvalue weighted by Crippen LogP contribution is 2.28. The first-order valence-corrected chi connectivity index (χ1v) is 5.79. The van der Waals surface area contributed by atoms with Gasteiger partial charge in [0.25, 0.3) is 0 Å². The quantitative estimate of drug-likeness (QED) is 0.633. The van der Waals surface area contributed by atoms with E-state index in [1.54, 1.807) is 11.7 Å². The van der Waals surface area contributed by atoms with E-state index in [4.69, 9.17) is 5.84 Å². The Labute approximate surface area is 104 Å². The van der Waals surface area contributed by atoms with Gasteiger partial charge < -0.3 is 0 Å². The minimum absolute atomic E-state index is 0.0478. The van der Waals surface area contributed by atoms with Crippen LogP contribution < -0.4 is 11.3 Å². The van der Waals surface area contributed by atoms with E-state index in [9.17, 15) is 13.2 Å². The van der Waals surface area contributed by atoms with E-state index in [2.05, 4.69) is 10.5 Å². The molecule has 3 N–H and O–H groups in total. The van der Waals surface area contributed by atoms with Gasteiger partial charge in [-0.05, 0) is 26.7 Å². The first-order valence-electron chi connectivity index (χ1n) is 5.79. The van der Waals surface area contributed by atoms with E-state index in [1.165, 1.54) is 0 Å². The highest BCUT2D eigenvalue weighted by atomic mass is 19.4. The van der Waals surface area contributed by atoms with Crippen LogP contribution in [-0.2, 0) is 7.05 Å². The van der Waals surface area contributed by atoms with Crippen molar-refractivity contribution in [1.82, 2.24) is 15.2 Å². The molecule has 1 heterocycles. The largest absolute Gasteiger partial charge is 0.389 e. The second-order valence-corrected chi connectivity index (χ2v) is 4.43. The van der Waals surface area contributed by atoms with Gasteiger partial charge in [0, 0.05) is 30.8 Å². The van der Waals surface area contributed by atoms with E-state index in [1.807, 2.05) is 13.8 Å². The van der Waals surface area contributed by atoms with Crippen molar-refractivity contribution in [1.29, 1.82) is 0 Å². The van der Waals surface area contributed by atoms with E-state index in [-0.39, 0.29) is 12.5 Å². The average molecular weight is 264 g/mol. The predicted octanol–water partition coefficient (Wildman–Crippen LogP) is 2.27. The van der Waals surface area contributed by atoms with Gasteiger partial charge >= 0.3 is 6.18 Å². The molecule has 0 bridgehead atoms. The van der Waals surface area contributed by atoms with Crippen molar-refractivity contribution in [2.75, 3.05) is 0 Å². The number of hydrogen-bond acceptors (Lipinski definition) is 3. The Hall–Kier alpha value is -1.08. The van der Waals surface area contributed by atoms with Crippen LogP contribution in [0.25, 0.3) is 0 Å². The number of hydrazine groups is 1. The molecule has 0 fully saturated rings. The fourth-order valence-corrected chi connectivity index (χ4v) is 2.11. The Morgan fingerprint density at radius 2 is 2.00 bits per heavy atom. The van der Waals surface area contributed by atoms with Crippen molar-refractivity contribution in [3.05, 3.63) is 17.0 Å². The first-order chi connectivity index (χ1) is 8.26. The molecule has 0 spiro atoms. The minimum atomic E-state index is -4.11. The molecule has 0 aliphatic rings. The number of rotatable bonds is 5. The zero-order valence-electron chi connectivity index (χ0n) is 10.8. The standard InChI is InChI=1S/C11H19F3N4/c1-7-10(8(2)18(3)17-7)9(16-15)5-4-6-11(12,13)14/h9,16H,4-6,15H2,1-3H3. The number of nitrogens with zero attached hydrogens (tertiary/aromatic N) is 2. The molecule has 18 heavy (non-hydrogen) atoms. The maximum absolute atomic E-state index is 12.1. The number of halogens is 3. The first kappa shape index (κ1) is 15.0. The third-order valence-corrected chi connectivity index (χ3v) is 3.07. The topological polar surface area (TPSA) is 55.9 Å². The summed E-state index contributed by atoms with van der Waals surface area (Å²) in [5, 5.41) is 4.24. The second-order valence-electron chi connectivity index (χ2n) is 4.43. The van der Waals surface area contributed by atoms with Gasteiger partial charge in [0.2, 0.25) is 0 Å². The molecule has 1 aromatic rings. The Kier molecular flexibility index (Phi) is 4.75. The Morgan fingerprint density at radius 3 is 2.39 bits per heavy atom. The van der Waals surface area contributed by atoms with Crippen molar-refractivity contribution >= 4 is 0 Å². The van der Waals surface area contributed by atoms with Crippen LogP contribution in [0.15, 0.2) is 0 Å². The molecule has 7 heteroatoms. The fraction of sp³-hybridized carbons (Fsp3) is 0.727. The van der Waals surface area contributed by atoms with Gasteiger partial charge in [0.1, 0.15) is 0 Å². The van der Waals surface area contributed by atoms with E-state index in [0.29, 0.717) is 6.42 Å². The van der Waals surface area contributed by atoms with Gasteiger partial charge in [-0.15, -0.1) is 0 Å². The lowest BCUT2D eigenvalue weighted by Gasteiger charge is -2.17. The molecule has 0 aliphatic heterocycles. The zero-order valence-corrected chi connectivity index (χ0v) is 10.8. The average Bonchev–Trinajstić information content (AvgIpc) is 2.48. The summed E-state index contributed by atoms with van der Waals surface area (Å²) in [6.07, 6.45) is -4.52. The van der Waals surface area contributed by atoms with Gasteiger partial charge in [0.15, 0.2) is 0 Å². The van der Waals surface area contributed by atoms with E-state index >= 15 is 0 Å². The van der Waals surface area contributed by atoms with Crippen LogP contribution in [0.1, 0.15) is 42.3 Å². The molecule has 0 aliphatic carbocycles. The predicted molar refractivity (Wildman–Crippen MR) is 62.7 cm³/mol. The molecule has 0 radical (unpaired) electrons. The number of aromatic nitrogens is 2. The molecular formula is C11H19F3N4. The minimum Gasteiger partial charge on any atom is -0.272 e. The molecule has 0 saturated carbocycles. The fourth-order valence-electron chi connectivity index (χ4n) is 2.11. The van der Waals surface area contributed by atoms with Crippen LogP contribution in [0.2, 0.25) is 0 Å². The monoisotopic (exact) mass is 264 g/mol. The Balaban J connectivity index is 2.72. The molecule has 0 saturated heterocycles. The van der Waals surface area contributed by atoms with Crippen LogP contribution in [0, 0.1) is 13.8 Å². The van der Waals surface area contributed by atoms with E-state index in [0.717, 1.165) is 17.0 Å². The summed E-state index contributed by atoms with van der Waals surface area (Å²) in [7, 11) is 1.80. The summed E-state index contributed by atoms with van der Waals surface area (Å²) in [4.78, 5) is 0. The summed E-state index contributed by atoms with van der Waals surface area (Å²) in [6, 6.07) is -0.291. The molecule has 0 aromatic carbocycles. The number of aryl methyl sites for hydroxylation is 2. The third-order valence-electron chi connectivity index (χ3n) is 3.07. The lowest BCUT2D eigenvalue weighted by molar-refractivity contribution is -0.135. The van der Waals surface area contributed by atoms with Crippen molar-refractivity contribution in [3.63, 3.8) is 0 Å². The second kappa shape index (κ2) is 5.71. The Morgan fingerprint density at radius 1 is 1.39 bits per heavy atom. The van der Waals surface area contributed by atoms with Gasteiger partial charge in [-0.1, -0.05) is 0 Å². The zero-order chi connectivity index (χ0) is 13.9. The maximum atomic E-state index is 12.1. The smallest absolute Gasteiger partial charge is 0.272 e. The molecule has 104 valence electrons. The van der Waals surface area contributed by atoms with Crippen molar-refractivity contribution in [3.8, 4) is 0 Å². The lowest BCUT2D eigenvalue weighted by Crippen LogP contribution is -2.29. The van der Waals surface area contributed by atoms with Crippen molar-refractivity contribution < 1.29 is 13.2 Å². The summed E-state index contributed by atoms with van der Waals surface area (Å²) < 4.78 is 38.0. The number of nitrogens with one attached hydrogen (secondary N) is 1. The van der Waals surface area contributed by atoms with Crippen LogP contribution in [0.3, 0.4) is 0 Å². The van der Waals surface area contributed by atoms with Crippen LogP contribution in [0.5, 0.6) is 0 Å². The highest BCUT2D eigenvalue weighted by Gasteiger charge is 2.27. The molecule has 4 nitrogen and oxygen atoms in total.